The highest BCUT2D eigenvalue weighted by molar-refractivity contribution is 8.02. The maximum atomic E-state index is 5.13. The third kappa shape index (κ3) is 12.8. The fraction of sp³-hybridized carbons (Fsp3) is 0.650. The number of thioether (sulfide) groups is 1. The third-order valence-corrected chi connectivity index (χ3v) is 11.2. The summed E-state index contributed by atoms with van der Waals surface area (Å²) >= 11 is 6.92. The molecule has 0 atom stereocenters. The molecule has 0 aromatic heterocycles. The van der Waals surface area contributed by atoms with Crippen LogP contribution >= 0.6 is 24.4 Å². The van der Waals surface area contributed by atoms with E-state index < -0.39 is 0 Å². The number of fused-ring (bicyclic) bond motifs is 4. The molecule has 2 aromatic carbocycles. The fourth-order valence-electron chi connectivity index (χ4n) is 6.16. The maximum Gasteiger partial charge on any atom is 0.0242 e. The molecule has 0 fully saturated rings. The number of nitrogens with zero attached hydrogens (tertiary/aromatic N) is 6. The van der Waals surface area contributed by atoms with Crippen LogP contribution in [0.2, 0.25) is 0 Å². The number of rotatable bonds is 2. The zero-order valence-corrected chi connectivity index (χ0v) is 34.3. The van der Waals surface area contributed by atoms with Crippen molar-refractivity contribution < 1.29 is 0 Å². The molecule has 0 spiro atoms. The number of likely N-dealkylation sites (N-methyl/N-ethyl adjacent to an activating group) is 6. The van der Waals surface area contributed by atoms with Crippen molar-refractivity contribution in [1.82, 2.24) is 29.4 Å². The zero-order chi connectivity index (χ0) is 35.8. The van der Waals surface area contributed by atoms with Crippen LogP contribution in [-0.2, 0) is 37.0 Å². The Morgan fingerprint density at radius 3 is 1.08 bits per heavy atom. The van der Waals surface area contributed by atoms with Gasteiger partial charge < -0.3 is 29.4 Å². The Kier molecular flexibility index (Phi) is 15.6. The van der Waals surface area contributed by atoms with Crippen LogP contribution < -0.4 is 0 Å². The van der Waals surface area contributed by atoms with Gasteiger partial charge in [-0.05, 0) is 91.9 Å². The average Bonchev–Trinajstić information content (AvgIpc) is 2.98. The fourth-order valence-corrected chi connectivity index (χ4v) is 7.15. The lowest BCUT2D eigenvalue weighted by Crippen LogP contribution is -2.36. The van der Waals surface area contributed by atoms with Crippen molar-refractivity contribution in [2.45, 2.75) is 88.3 Å². The van der Waals surface area contributed by atoms with Gasteiger partial charge in [0.2, 0.25) is 0 Å². The van der Waals surface area contributed by atoms with Crippen molar-refractivity contribution >= 4 is 24.4 Å². The molecule has 3 rings (SSSR count). The van der Waals surface area contributed by atoms with Crippen molar-refractivity contribution in [3.63, 3.8) is 0 Å². The molecule has 0 saturated heterocycles. The molecular weight excluding hydrogens is 629 g/mol. The van der Waals surface area contributed by atoms with Crippen molar-refractivity contribution in [3.8, 4) is 0 Å². The van der Waals surface area contributed by atoms with E-state index in [4.69, 9.17) is 12.6 Å². The second kappa shape index (κ2) is 18.2. The average molecular weight is 697 g/mol. The summed E-state index contributed by atoms with van der Waals surface area (Å²) in [5.74, 6) is 0. The highest BCUT2D eigenvalue weighted by Crippen LogP contribution is 2.35. The summed E-state index contributed by atoms with van der Waals surface area (Å²) in [7, 11) is 13.5. The lowest BCUT2D eigenvalue weighted by molar-refractivity contribution is 0.216. The van der Waals surface area contributed by atoms with Crippen LogP contribution in [0, 0.1) is 0 Å². The van der Waals surface area contributed by atoms with Crippen LogP contribution in [0.4, 0.5) is 0 Å². The SMILES string of the molecule is C=CSc1c2cc(C(C)(C)C)cc1CN(C)CCN(C)CCN(C)Cc1cc(C(C)(C)C)cc(c1S)CN(C)CCN(C)CCN(C)C2. The molecule has 0 N–H and O–H groups in total. The molecule has 0 saturated carbocycles. The number of thiol groups is 1. The molecule has 4 bridgehead atoms. The van der Waals surface area contributed by atoms with Gasteiger partial charge in [0.1, 0.15) is 0 Å². The molecule has 48 heavy (non-hydrogen) atoms. The topological polar surface area (TPSA) is 19.4 Å². The second-order valence-corrected chi connectivity index (χ2v) is 18.0. The van der Waals surface area contributed by atoms with Crippen molar-refractivity contribution in [3.05, 3.63) is 69.6 Å². The Labute approximate surface area is 305 Å². The van der Waals surface area contributed by atoms with Crippen molar-refractivity contribution in [2.24, 2.45) is 0 Å². The first-order valence-electron chi connectivity index (χ1n) is 17.8. The lowest BCUT2D eigenvalue weighted by Gasteiger charge is -2.29. The van der Waals surface area contributed by atoms with Gasteiger partial charge >= 0.3 is 0 Å². The first kappa shape index (κ1) is 41.1. The van der Waals surface area contributed by atoms with Gasteiger partial charge in [0.15, 0.2) is 0 Å². The monoisotopic (exact) mass is 696 g/mol. The van der Waals surface area contributed by atoms with Crippen LogP contribution in [0.15, 0.2) is 46.0 Å². The summed E-state index contributed by atoms with van der Waals surface area (Å²) in [6.07, 6.45) is 0. The molecule has 8 heteroatoms. The summed E-state index contributed by atoms with van der Waals surface area (Å²) < 4.78 is 0. The van der Waals surface area contributed by atoms with E-state index in [1.165, 1.54) is 38.3 Å². The summed E-state index contributed by atoms with van der Waals surface area (Å²) in [6.45, 7) is 29.9. The summed E-state index contributed by atoms with van der Waals surface area (Å²) in [4.78, 5) is 17.4. The Morgan fingerprint density at radius 1 is 0.521 bits per heavy atom. The van der Waals surface area contributed by atoms with Gasteiger partial charge in [0.25, 0.3) is 0 Å². The number of hydrogen-bond acceptors (Lipinski definition) is 8. The van der Waals surface area contributed by atoms with E-state index in [1.807, 2.05) is 5.41 Å². The van der Waals surface area contributed by atoms with Gasteiger partial charge in [0, 0.05) is 88.3 Å². The van der Waals surface area contributed by atoms with E-state index in [1.54, 1.807) is 11.8 Å². The van der Waals surface area contributed by atoms with E-state index in [2.05, 4.69) is 144 Å². The predicted octanol–water partition coefficient (Wildman–Crippen LogP) is 7.11. The predicted molar refractivity (Wildman–Crippen MR) is 214 cm³/mol. The first-order valence-corrected chi connectivity index (χ1v) is 19.1. The molecule has 0 aliphatic carbocycles. The molecule has 1 heterocycles. The van der Waals surface area contributed by atoms with Crippen molar-refractivity contribution in [1.29, 1.82) is 0 Å². The van der Waals surface area contributed by atoms with E-state index in [9.17, 15) is 0 Å². The summed E-state index contributed by atoms with van der Waals surface area (Å²) in [6, 6.07) is 9.70. The molecule has 270 valence electrons. The molecule has 0 amide bonds. The molecule has 0 unspecified atom stereocenters. The largest absolute Gasteiger partial charge is 0.304 e. The lowest BCUT2D eigenvalue weighted by atomic mass is 9.85. The Hall–Kier alpha value is -1.36. The first-order chi connectivity index (χ1) is 22.4. The Morgan fingerprint density at radius 2 is 0.792 bits per heavy atom. The minimum Gasteiger partial charge on any atom is -0.304 e. The smallest absolute Gasteiger partial charge is 0.0242 e. The van der Waals surface area contributed by atoms with Gasteiger partial charge in [-0.3, -0.25) is 0 Å². The quantitative estimate of drug-likeness (QED) is 0.263. The molecule has 6 nitrogen and oxygen atoms in total. The van der Waals surface area contributed by atoms with Gasteiger partial charge in [0.05, 0.1) is 0 Å². The van der Waals surface area contributed by atoms with Crippen LogP contribution in [-0.4, -0.2) is 124 Å². The van der Waals surface area contributed by atoms with E-state index >= 15 is 0 Å². The van der Waals surface area contributed by atoms with Gasteiger partial charge in [-0.1, -0.05) is 84.1 Å². The minimum absolute atomic E-state index is 0.0848. The molecule has 0 radical (unpaired) electrons. The highest BCUT2D eigenvalue weighted by Gasteiger charge is 2.22. The van der Waals surface area contributed by atoms with E-state index in [0.717, 1.165) is 83.4 Å². The Balaban J connectivity index is 1.91. The van der Waals surface area contributed by atoms with Gasteiger partial charge in [-0.2, -0.15) is 0 Å². The molecule has 1 aliphatic rings. The number of benzene rings is 2. The molecular formula is C40H68N6S2. The van der Waals surface area contributed by atoms with Gasteiger partial charge in [-0.15, -0.1) is 12.6 Å². The van der Waals surface area contributed by atoms with E-state index in [-0.39, 0.29) is 10.8 Å². The number of hydrogen-bond donors (Lipinski definition) is 1. The van der Waals surface area contributed by atoms with Crippen LogP contribution in [0.3, 0.4) is 0 Å². The summed E-state index contributed by atoms with van der Waals surface area (Å²) in [5, 5.41) is 2.00. The highest BCUT2D eigenvalue weighted by atomic mass is 32.2. The third-order valence-electron chi connectivity index (χ3n) is 9.66. The van der Waals surface area contributed by atoms with Crippen LogP contribution in [0.1, 0.15) is 74.9 Å². The standard InChI is InChI=1S/C40H68N6S2/c1-14-48-38-33-25-36(40(5,6)7)26-34(38)30-46(13)22-18-42(9)16-20-44(11)28-32-24-35(39(2,3)4)23-31(37(32)47)27-43(10)19-15-41(8)17-21-45(12)29-33/h14,23-26,47H,1,15-22,27-30H2,2-13H3. The zero-order valence-electron chi connectivity index (χ0n) is 32.6. The maximum absolute atomic E-state index is 5.13. The van der Waals surface area contributed by atoms with Crippen LogP contribution in [0.5, 0.6) is 0 Å². The van der Waals surface area contributed by atoms with Crippen molar-refractivity contribution in [2.75, 3.05) is 94.6 Å². The second-order valence-electron chi connectivity index (χ2n) is 16.6. The van der Waals surface area contributed by atoms with E-state index in [0.29, 0.717) is 0 Å². The normalized spacial score (nSPS) is 19.7. The van der Waals surface area contributed by atoms with Crippen LogP contribution in [0.25, 0.3) is 0 Å². The minimum atomic E-state index is 0.0848. The summed E-state index contributed by atoms with van der Waals surface area (Å²) in [5.41, 5.74) is 8.46. The molecule has 1 aliphatic heterocycles. The Bertz CT molecular complexity index is 1250. The molecule has 2 aromatic rings. The van der Waals surface area contributed by atoms with Gasteiger partial charge in [-0.25, -0.2) is 0 Å².